The molecule has 0 aliphatic carbocycles. The molecule has 2 aromatic carbocycles. The average molecular weight is 353 g/mol. The summed E-state index contributed by atoms with van der Waals surface area (Å²) in [6.07, 6.45) is 0.182. The molecule has 3 amide bonds. The van der Waals surface area contributed by atoms with Crippen LogP contribution in [0.2, 0.25) is 0 Å². The standard InChI is InChI=1S/C20H23N3O3/c1-14-6-4-5-7-19(14)23(16(3)25)13-12-20(26)22-18-10-8-17(9-11-18)21-15(2)24/h4-11H,12-13H2,1-3H3,(H,21,24)(H,22,26). The van der Waals surface area contributed by atoms with Crippen LogP contribution in [0.3, 0.4) is 0 Å². The number of anilines is 3. The summed E-state index contributed by atoms with van der Waals surface area (Å²) in [4.78, 5) is 36.8. The van der Waals surface area contributed by atoms with E-state index in [0.29, 0.717) is 17.9 Å². The van der Waals surface area contributed by atoms with Gasteiger partial charge in [-0.25, -0.2) is 0 Å². The number of nitrogens with zero attached hydrogens (tertiary/aromatic N) is 1. The second kappa shape index (κ2) is 8.80. The first-order chi connectivity index (χ1) is 12.4. The minimum Gasteiger partial charge on any atom is -0.326 e. The van der Waals surface area contributed by atoms with Gasteiger partial charge in [0.1, 0.15) is 0 Å². The lowest BCUT2D eigenvalue weighted by atomic mass is 10.1. The molecule has 0 bridgehead atoms. The van der Waals surface area contributed by atoms with Crippen molar-refractivity contribution in [2.24, 2.45) is 0 Å². The number of nitrogens with one attached hydrogen (secondary N) is 2. The molecule has 2 aromatic rings. The molecule has 26 heavy (non-hydrogen) atoms. The highest BCUT2D eigenvalue weighted by molar-refractivity contribution is 5.95. The normalized spacial score (nSPS) is 10.1. The zero-order valence-electron chi connectivity index (χ0n) is 15.2. The third-order valence-corrected chi connectivity index (χ3v) is 3.84. The van der Waals surface area contributed by atoms with Gasteiger partial charge < -0.3 is 15.5 Å². The van der Waals surface area contributed by atoms with Crippen LogP contribution in [-0.4, -0.2) is 24.3 Å². The van der Waals surface area contributed by atoms with Crippen molar-refractivity contribution < 1.29 is 14.4 Å². The van der Waals surface area contributed by atoms with Crippen molar-refractivity contribution >= 4 is 34.8 Å². The highest BCUT2D eigenvalue weighted by Gasteiger charge is 2.15. The Balaban J connectivity index is 1.95. The van der Waals surface area contributed by atoms with E-state index in [-0.39, 0.29) is 24.1 Å². The Hall–Kier alpha value is -3.15. The van der Waals surface area contributed by atoms with Crippen LogP contribution in [0.15, 0.2) is 48.5 Å². The van der Waals surface area contributed by atoms with Crippen LogP contribution in [0.1, 0.15) is 25.8 Å². The summed E-state index contributed by atoms with van der Waals surface area (Å²) in [5.41, 5.74) is 3.09. The van der Waals surface area contributed by atoms with E-state index in [1.54, 1.807) is 29.2 Å². The summed E-state index contributed by atoms with van der Waals surface area (Å²) in [7, 11) is 0. The van der Waals surface area contributed by atoms with E-state index >= 15 is 0 Å². The second-order valence-electron chi connectivity index (χ2n) is 6.01. The van der Waals surface area contributed by atoms with Gasteiger partial charge in [0, 0.05) is 43.9 Å². The summed E-state index contributed by atoms with van der Waals surface area (Å²) in [6, 6.07) is 14.4. The molecular formula is C20H23N3O3. The number of hydrogen-bond donors (Lipinski definition) is 2. The Bertz CT molecular complexity index is 800. The van der Waals surface area contributed by atoms with Gasteiger partial charge >= 0.3 is 0 Å². The highest BCUT2D eigenvalue weighted by atomic mass is 16.2. The molecule has 0 saturated heterocycles. The SMILES string of the molecule is CC(=O)Nc1ccc(NC(=O)CCN(C(C)=O)c2ccccc2C)cc1. The fourth-order valence-electron chi connectivity index (χ4n) is 2.59. The van der Waals surface area contributed by atoms with Gasteiger partial charge in [-0.15, -0.1) is 0 Å². The molecular weight excluding hydrogens is 330 g/mol. The number of benzene rings is 2. The summed E-state index contributed by atoms with van der Waals surface area (Å²) in [5, 5.41) is 5.46. The first kappa shape index (κ1) is 19.2. The molecule has 0 saturated carbocycles. The first-order valence-electron chi connectivity index (χ1n) is 8.38. The predicted octanol–water partition coefficient (Wildman–Crippen LogP) is 3.34. The number of rotatable bonds is 6. The molecule has 2 N–H and O–H groups in total. The van der Waals surface area contributed by atoms with Gasteiger partial charge in [0.05, 0.1) is 0 Å². The molecule has 0 aliphatic heterocycles. The van der Waals surface area contributed by atoms with E-state index in [2.05, 4.69) is 10.6 Å². The maximum atomic E-state index is 12.2. The van der Waals surface area contributed by atoms with Crippen molar-refractivity contribution in [2.45, 2.75) is 27.2 Å². The van der Waals surface area contributed by atoms with Gasteiger partial charge in [-0.3, -0.25) is 14.4 Å². The molecule has 0 heterocycles. The number of hydrogen-bond acceptors (Lipinski definition) is 3. The van der Waals surface area contributed by atoms with Crippen LogP contribution < -0.4 is 15.5 Å². The number of amides is 3. The molecule has 0 spiro atoms. The number of carbonyl (C=O) groups is 3. The largest absolute Gasteiger partial charge is 0.326 e. The smallest absolute Gasteiger partial charge is 0.226 e. The van der Waals surface area contributed by atoms with Gasteiger partial charge in [0.2, 0.25) is 17.7 Å². The van der Waals surface area contributed by atoms with Gasteiger partial charge in [-0.2, -0.15) is 0 Å². The lowest BCUT2D eigenvalue weighted by Crippen LogP contribution is -2.32. The molecule has 0 fully saturated rings. The Morgan fingerprint density at radius 2 is 1.46 bits per heavy atom. The number of para-hydroxylation sites is 1. The lowest BCUT2D eigenvalue weighted by Gasteiger charge is -2.22. The molecule has 6 heteroatoms. The molecule has 2 rings (SSSR count). The first-order valence-corrected chi connectivity index (χ1v) is 8.38. The highest BCUT2D eigenvalue weighted by Crippen LogP contribution is 2.20. The zero-order chi connectivity index (χ0) is 19.1. The van der Waals surface area contributed by atoms with Crippen molar-refractivity contribution in [3.63, 3.8) is 0 Å². The van der Waals surface area contributed by atoms with Crippen molar-refractivity contribution in [2.75, 3.05) is 22.1 Å². The van der Waals surface area contributed by atoms with Crippen LogP contribution in [-0.2, 0) is 14.4 Å². The van der Waals surface area contributed by atoms with Crippen LogP contribution in [0, 0.1) is 6.92 Å². The summed E-state index contributed by atoms with van der Waals surface area (Å²) >= 11 is 0. The molecule has 6 nitrogen and oxygen atoms in total. The minimum atomic E-state index is -0.183. The number of carbonyl (C=O) groups excluding carboxylic acids is 3. The van der Waals surface area contributed by atoms with E-state index < -0.39 is 0 Å². The fourth-order valence-corrected chi connectivity index (χ4v) is 2.59. The molecule has 0 atom stereocenters. The van der Waals surface area contributed by atoms with Gasteiger partial charge in [-0.1, -0.05) is 18.2 Å². The topological polar surface area (TPSA) is 78.5 Å². The quantitative estimate of drug-likeness (QED) is 0.836. The second-order valence-corrected chi connectivity index (χ2v) is 6.01. The Kier molecular flexibility index (Phi) is 6.49. The Labute approximate surface area is 153 Å². The maximum absolute atomic E-state index is 12.2. The molecule has 0 aromatic heterocycles. The fraction of sp³-hybridized carbons (Fsp3) is 0.250. The summed E-state index contributed by atoms with van der Waals surface area (Å²) in [6.45, 7) is 5.16. The van der Waals surface area contributed by atoms with Gasteiger partial charge in [0.25, 0.3) is 0 Å². The van der Waals surface area contributed by atoms with Crippen molar-refractivity contribution in [1.29, 1.82) is 0 Å². The zero-order valence-corrected chi connectivity index (χ0v) is 15.2. The maximum Gasteiger partial charge on any atom is 0.226 e. The minimum absolute atomic E-state index is 0.105. The summed E-state index contributed by atoms with van der Waals surface area (Å²) in [5.74, 6) is -0.439. The van der Waals surface area contributed by atoms with E-state index in [1.807, 2.05) is 31.2 Å². The van der Waals surface area contributed by atoms with E-state index in [0.717, 1.165) is 11.3 Å². The molecule has 0 radical (unpaired) electrons. The Morgan fingerprint density at radius 1 is 0.885 bits per heavy atom. The van der Waals surface area contributed by atoms with Crippen molar-refractivity contribution in [1.82, 2.24) is 0 Å². The van der Waals surface area contributed by atoms with Gasteiger partial charge in [0.15, 0.2) is 0 Å². The van der Waals surface area contributed by atoms with E-state index in [1.165, 1.54) is 13.8 Å². The van der Waals surface area contributed by atoms with E-state index in [4.69, 9.17) is 0 Å². The van der Waals surface area contributed by atoms with Gasteiger partial charge in [-0.05, 0) is 42.8 Å². The van der Waals surface area contributed by atoms with Crippen molar-refractivity contribution in [3.05, 3.63) is 54.1 Å². The van der Waals surface area contributed by atoms with Crippen LogP contribution in [0.5, 0.6) is 0 Å². The molecule has 0 unspecified atom stereocenters. The predicted molar refractivity (Wildman–Crippen MR) is 103 cm³/mol. The van der Waals surface area contributed by atoms with Crippen molar-refractivity contribution in [3.8, 4) is 0 Å². The average Bonchev–Trinajstić information content (AvgIpc) is 2.57. The lowest BCUT2D eigenvalue weighted by molar-refractivity contribution is -0.117. The van der Waals surface area contributed by atoms with Crippen LogP contribution in [0.25, 0.3) is 0 Å². The number of aryl methyl sites for hydroxylation is 1. The molecule has 0 aliphatic rings. The monoisotopic (exact) mass is 353 g/mol. The molecule has 136 valence electrons. The summed E-state index contributed by atoms with van der Waals surface area (Å²) < 4.78 is 0. The third kappa shape index (κ3) is 5.44. The van der Waals surface area contributed by atoms with Crippen LogP contribution >= 0.6 is 0 Å². The third-order valence-electron chi connectivity index (χ3n) is 3.84. The van der Waals surface area contributed by atoms with Crippen LogP contribution in [0.4, 0.5) is 17.1 Å². The Morgan fingerprint density at radius 3 is 2.00 bits per heavy atom. The van der Waals surface area contributed by atoms with E-state index in [9.17, 15) is 14.4 Å².